The summed E-state index contributed by atoms with van der Waals surface area (Å²) in [5, 5.41) is 0. The van der Waals surface area contributed by atoms with Crippen LogP contribution in [0.25, 0.3) is 0 Å². The number of methoxy groups -OCH3 is 1. The Balaban J connectivity index is 1.83. The molecule has 1 heterocycles. The van der Waals surface area contributed by atoms with Crippen LogP contribution in [0.5, 0.6) is 5.75 Å². The summed E-state index contributed by atoms with van der Waals surface area (Å²) in [6, 6.07) is 9.96. The summed E-state index contributed by atoms with van der Waals surface area (Å²) < 4.78 is 46.9. The molecule has 26 heavy (non-hydrogen) atoms. The van der Waals surface area contributed by atoms with Crippen LogP contribution < -0.4 is 9.64 Å². The van der Waals surface area contributed by atoms with Crippen LogP contribution in [0.2, 0.25) is 0 Å². The molecule has 2 aromatic carbocycles. The standard InChI is InChI=1S/C19H23FN2O3S/c1-14-12-18(25-3)19(13-15(14)2)26(23,24)22-10-8-21(9-11-22)17-7-5-4-6-16(17)20/h4-7,12-13H,8-11H2,1-3H3. The molecular formula is C19H23FN2O3S. The van der Waals surface area contributed by atoms with E-state index in [0.29, 0.717) is 37.6 Å². The number of sulfonamides is 1. The SMILES string of the molecule is COc1cc(C)c(C)cc1S(=O)(=O)N1CCN(c2ccccc2F)CC1. The summed E-state index contributed by atoms with van der Waals surface area (Å²) in [4.78, 5) is 2.06. The van der Waals surface area contributed by atoms with Crippen LogP contribution >= 0.6 is 0 Å². The molecule has 3 rings (SSSR count). The van der Waals surface area contributed by atoms with Gasteiger partial charge in [-0.15, -0.1) is 0 Å². The summed E-state index contributed by atoms with van der Waals surface area (Å²) in [6.45, 7) is 5.27. The molecule has 0 aliphatic carbocycles. The molecule has 1 saturated heterocycles. The van der Waals surface area contributed by atoms with Gasteiger partial charge in [0.05, 0.1) is 12.8 Å². The summed E-state index contributed by atoms with van der Waals surface area (Å²) in [7, 11) is -2.20. The number of para-hydroxylation sites is 1. The zero-order valence-electron chi connectivity index (χ0n) is 15.2. The Kier molecular flexibility index (Phi) is 5.20. The van der Waals surface area contributed by atoms with Crippen molar-refractivity contribution in [2.45, 2.75) is 18.7 Å². The highest BCUT2D eigenvalue weighted by Gasteiger charge is 2.31. The molecule has 1 aliphatic heterocycles. The van der Waals surface area contributed by atoms with Gasteiger partial charge in [-0.05, 0) is 49.2 Å². The Morgan fingerprint density at radius 2 is 1.62 bits per heavy atom. The highest BCUT2D eigenvalue weighted by atomic mass is 32.2. The first kappa shape index (κ1) is 18.7. The average molecular weight is 378 g/mol. The highest BCUT2D eigenvalue weighted by molar-refractivity contribution is 7.89. The third kappa shape index (κ3) is 3.41. The van der Waals surface area contributed by atoms with E-state index in [4.69, 9.17) is 4.74 Å². The number of rotatable bonds is 4. The number of halogens is 1. The topological polar surface area (TPSA) is 49.9 Å². The second-order valence-corrected chi connectivity index (χ2v) is 8.34. The maximum atomic E-state index is 14.0. The van der Waals surface area contributed by atoms with Crippen LogP contribution in [0, 0.1) is 19.7 Å². The molecule has 0 saturated carbocycles. The number of hydrogen-bond donors (Lipinski definition) is 0. The van der Waals surface area contributed by atoms with Gasteiger partial charge in [-0.25, -0.2) is 12.8 Å². The zero-order valence-corrected chi connectivity index (χ0v) is 16.0. The van der Waals surface area contributed by atoms with Crippen molar-refractivity contribution < 1.29 is 17.5 Å². The van der Waals surface area contributed by atoms with Gasteiger partial charge in [-0.2, -0.15) is 4.31 Å². The van der Waals surface area contributed by atoms with E-state index in [9.17, 15) is 12.8 Å². The lowest BCUT2D eigenvalue weighted by molar-refractivity contribution is 0.373. The van der Waals surface area contributed by atoms with E-state index in [2.05, 4.69) is 0 Å². The minimum Gasteiger partial charge on any atom is -0.495 e. The maximum absolute atomic E-state index is 14.0. The first-order chi connectivity index (χ1) is 12.3. The number of ether oxygens (including phenoxy) is 1. The fraction of sp³-hybridized carbons (Fsp3) is 0.368. The lowest BCUT2D eigenvalue weighted by Gasteiger charge is -2.35. The Labute approximate surface area is 154 Å². The van der Waals surface area contributed by atoms with Crippen LogP contribution in [0.4, 0.5) is 10.1 Å². The number of piperazine rings is 1. The van der Waals surface area contributed by atoms with Gasteiger partial charge in [-0.3, -0.25) is 0 Å². The summed E-state index contributed by atoms with van der Waals surface area (Å²) in [6.07, 6.45) is 0. The predicted octanol–water partition coefficient (Wildman–Crippen LogP) is 2.96. The van der Waals surface area contributed by atoms with E-state index < -0.39 is 10.0 Å². The van der Waals surface area contributed by atoms with Gasteiger partial charge >= 0.3 is 0 Å². The Bertz CT molecular complexity index is 907. The van der Waals surface area contributed by atoms with Crippen LogP contribution in [0.1, 0.15) is 11.1 Å². The molecule has 0 radical (unpaired) electrons. The quantitative estimate of drug-likeness (QED) is 0.821. The highest BCUT2D eigenvalue weighted by Crippen LogP contribution is 2.31. The molecule has 0 N–H and O–H groups in total. The first-order valence-corrected chi connectivity index (χ1v) is 9.93. The van der Waals surface area contributed by atoms with Gasteiger partial charge in [0.2, 0.25) is 10.0 Å². The lowest BCUT2D eigenvalue weighted by Crippen LogP contribution is -2.49. The molecule has 1 aliphatic rings. The van der Waals surface area contributed by atoms with E-state index in [-0.39, 0.29) is 10.7 Å². The van der Waals surface area contributed by atoms with E-state index in [0.717, 1.165) is 11.1 Å². The van der Waals surface area contributed by atoms with Crippen molar-refractivity contribution in [3.63, 3.8) is 0 Å². The molecule has 0 bridgehead atoms. The van der Waals surface area contributed by atoms with Crippen molar-refractivity contribution in [1.29, 1.82) is 0 Å². The monoisotopic (exact) mass is 378 g/mol. The summed E-state index contributed by atoms with van der Waals surface area (Å²) >= 11 is 0. The molecule has 0 atom stereocenters. The van der Waals surface area contributed by atoms with Crippen molar-refractivity contribution in [3.05, 3.63) is 53.3 Å². The van der Waals surface area contributed by atoms with Gasteiger partial charge in [0.15, 0.2) is 0 Å². The fourth-order valence-electron chi connectivity index (χ4n) is 3.14. The van der Waals surface area contributed by atoms with E-state index in [1.807, 2.05) is 18.7 Å². The molecule has 7 heteroatoms. The largest absolute Gasteiger partial charge is 0.495 e. The van der Waals surface area contributed by atoms with Gasteiger partial charge in [0.25, 0.3) is 0 Å². The number of nitrogens with zero attached hydrogens (tertiary/aromatic N) is 2. The minimum atomic E-state index is -3.67. The van der Waals surface area contributed by atoms with Crippen LogP contribution in [-0.2, 0) is 10.0 Å². The smallest absolute Gasteiger partial charge is 0.246 e. The second-order valence-electron chi connectivity index (χ2n) is 6.43. The van der Waals surface area contributed by atoms with E-state index >= 15 is 0 Å². The molecule has 140 valence electrons. The van der Waals surface area contributed by atoms with E-state index in [1.54, 1.807) is 30.3 Å². The number of benzene rings is 2. The van der Waals surface area contributed by atoms with Gasteiger partial charge in [0.1, 0.15) is 16.5 Å². The average Bonchev–Trinajstić information content (AvgIpc) is 2.64. The number of aryl methyl sites for hydroxylation is 2. The molecule has 5 nitrogen and oxygen atoms in total. The number of anilines is 1. The molecule has 0 unspecified atom stereocenters. The van der Waals surface area contributed by atoms with Gasteiger partial charge in [-0.1, -0.05) is 12.1 Å². The van der Waals surface area contributed by atoms with Crippen LogP contribution in [-0.4, -0.2) is 46.0 Å². The Morgan fingerprint density at radius 1 is 1.00 bits per heavy atom. The van der Waals surface area contributed by atoms with Crippen molar-refractivity contribution in [3.8, 4) is 5.75 Å². The Morgan fingerprint density at radius 3 is 2.23 bits per heavy atom. The molecule has 0 spiro atoms. The lowest BCUT2D eigenvalue weighted by atomic mass is 10.1. The third-order valence-electron chi connectivity index (χ3n) is 4.83. The predicted molar refractivity (Wildman–Crippen MR) is 99.8 cm³/mol. The molecule has 0 aromatic heterocycles. The van der Waals surface area contributed by atoms with E-state index in [1.165, 1.54) is 17.5 Å². The summed E-state index contributed by atoms with van der Waals surface area (Å²) in [5.41, 5.74) is 2.38. The van der Waals surface area contributed by atoms with Crippen molar-refractivity contribution in [2.24, 2.45) is 0 Å². The molecular weight excluding hydrogens is 355 g/mol. The minimum absolute atomic E-state index is 0.183. The first-order valence-electron chi connectivity index (χ1n) is 8.49. The van der Waals surface area contributed by atoms with Gasteiger partial charge in [0, 0.05) is 26.2 Å². The van der Waals surface area contributed by atoms with Crippen molar-refractivity contribution >= 4 is 15.7 Å². The normalized spacial score (nSPS) is 15.9. The summed E-state index contributed by atoms with van der Waals surface area (Å²) in [5.74, 6) is 0.0595. The molecule has 1 fully saturated rings. The third-order valence-corrected chi connectivity index (χ3v) is 6.75. The maximum Gasteiger partial charge on any atom is 0.246 e. The van der Waals surface area contributed by atoms with Crippen LogP contribution in [0.15, 0.2) is 41.3 Å². The molecule has 2 aromatic rings. The zero-order chi connectivity index (χ0) is 18.9. The van der Waals surface area contributed by atoms with Crippen molar-refractivity contribution in [1.82, 2.24) is 4.31 Å². The second kappa shape index (κ2) is 7.25. The Hall–Kier alpha value is -2.12. The number of hydrogen-bond acceptors (Lipinski definition) is 4. The van der Waals surface area contributed by atoms with Gasteiger partial charge < -0.3 is 9.64 Å². The van der Waals surface area contributed by atoms with Crippen molar-refractivity contribution in [2.75, 3.05) is 38.2 Å². The molecule has 0 amide bonds. The van der Waals surface area contributed by atoms with Crippen LogP contribution in [0.3, 0.4) is 0 Å². The fourth-order valence-corrected chi connectivity index (χ4v) is 4.79.